The monoisotopic (exact) mass is 386 g/mol. The Morgan fingerprint density at radius 2 is 1.73 bits per heavy atom. The maximum Gasteiger partial charge on any atom is 0.220 e. The maximum atomic E-state index is 4.98. The van der Waals surface area contributed by atoms with E-state index < -0.39 is 0 Å². The summed E-state index contributed by atoms with van der Waals surface area (Å²) >= 11 is 0. The van der Waals surface area contributed by atoms with E-state index in [0.717, 1.165) is 50.4 Å². The van der Waals surface area contributed by atoms with Crippen LogP contribution in [0.2, 0.25) is 0 Å². The minimum absolute atomic E-state index is 0.904. The fourth-order valence-corrected chi connectivity index (χ4v) is 4.29. The van der Waals surface area contributed by atoms with Gasteiger partial charge in [0, 0.05) is 5.56 Å². The number of imidazole rings is 2. The first-order valence-corrected chi connectivity index (χ1v) is 9.95. The Labute approximate surface area is 174 Å². The van der Waals surface area contributed by atoms with Gasteiger partial charge in [0.2, 0.25) is 5.78 Å². The first kappa shape index (κ1) is 16.8. The molecule has 0 N–H and O–H groups in total. The minimum atomic E-state index is 0.904. The van der Waals surface area contributed by atoms with E-state index in [1.165, 1.54) is 5.56 Å². The van der Waals surface area contributed by atoms with Gasteiger partial charge in [0.05, 0.1) is 39.6 Å². The van der Waals surface area contributed by atoms with Crippen molar-refractivity contribution in [3.63, 3.8) is 0 Å². The number of pyridine rings is 1. The van der Waals surface area contributed by atoms with Crippen LogP contribution in [0, 0.1) is 26.0 Å². The Kier molecular flexibility index (Phi) is 3.48. The SMILES string of the molecule is Cc1cc(-c2cc#ccc2)ncc1-n1c2c(C)cccc2n2c3ccccc3nc12. The Hall–Kier alpha value is -4.10. The number of para-hydroxylation sites is 3. The summed E-state index contributed by atoms with van der Waals surface area (Å²) in [5, 5.41) is 0. The predicted octanol–water partition coefficient (Wildman–Crippen LogP) is 5.71. The molecule has 0 aliphatic carbocycles. The average molecular weight is 386 g/mol. The summed E-state index contributed by atoms with van der Waals surface area (Å²) in [6.07, 6.45) is 1.95. The molecule has 0 bridgehead atoms. The fraction of sp³-hybridized carbons (Fsp3) is 0.0769. The van der Waals surface area contributed by atoms with E-state index in [0.29, 0.717) is 0 Å². The van der Waals surface area contributed by atoms with Gasteiger partial charge in [-0.15, -0.1) is 0 Å². The summed E-state index contributed by atoms with van der Waals surface area (Å²) in [5.41, 5.74) is 9.76. The van der Waals surface area contributed by atoms with E-state index >= 15 is 0 Å². The molecule has 4 heteroatoms. The maximum absolute atomic E-state index is 4.98. The second-order valence-electron chi connectivity index (χ2n) is 7.59. The fourth-order valence-electron chi connectivity index (χ4n) is 4.29. The van der Waals surface area contributed by atoms with Crippen LogP contribution in [0.1, 0.15) is 11.1 Å². The number of fused-ring (bicyclic) bond motifs is 5. The zero-order valence-corrected chi connectivity index (χ0v) is 16.7. The number of nitrogens with zero attached hydrogens (tertiary/aromatic N) is 4. The Bertz CT molecular complexity index is 1550. The van der Waals surface area contributed by atoms with Crippen LogP contribution in [0.4, 0.5) is 0 Å². The standard InChI is InChI=1S/C26H18N4/c1-17-9-8-14-23-25(17)30(26-28-20-12-6-7-13-22(20)29(23)26)24-16-27-21(15-18(24)2)19-10-4-3-5-11-19/h4,6-16H,1-2H3. The Morgan fingerprint density at radius 1 is 0.867 bits per heavy atom. The molecule has 0 aliphatic rings. The number of hydrogen-bond acceptors (Lipinski definition) is 2. The van der Waals surface area contributed by atoms with Gasteiger partial charge in [0.25, 0.3) is 0 Å². The summed E-state index contributed by atoms with van der Waals surface area (Å²) in [6, 6.07) is 28.5. The lowest BCUT2D eigenvalue weighted by Gasteiger charge is -2.11. The van der Waals surface area contributed by atoms with Gasteiger partial charge in [0.15, 0.2) is 0 Å². The summed E-state index contributed by atoms with van der Waals surface area (Å²) in [6.45, 7) is 4.27. The summed E-state index contributed by atoms with van der Waals surface area (Å²) in [4.78, 5) is 9.75. The van der Waals surface area contributed by atoms with Crippen LogP contribution in [0.3, 0.4) is 0 Å². The number of aromatic nitrogens is 4. The quantitative estimate of drug-likeness (QED) is 0.382. The molecule has 0 spiro atoms. The average Bonchev–Trinajstić information content (AvgIpc) is 3.30. The third kappa shape index (κ3) is 2.29. The van der Waals surface area contributed by atoms with Crippen LogP contribution in [-0.2, 0) is 0 Å². The van der Waals surface area contributed by atoms with Crippen LogP contribution in [0.15, 0.2) is 72.9 Å². The first-order chi connectivity index (χ1) is 14.7. The van der Waals surface area contributed by atoms with Gasteiger partial charge in [-0.05, 0) is 67.4 Å². The topological polar surface area (TPSA) is 35.1 Å². The molecular formula is C26H18N4. The molecule has 0 radical (unpaired) electrons. The summed E-state index contributed by atoms with van der Waals surface area (Å²) in [7, 11) is 0. The van der Waals surface area contributed by atoms with E-state index in [4.69, 9.17) is 9.97 Å². The van der Waals surface area contributed by atoms with Gasteiger partial charge in [-0.3, -0.25) is 14.0 Å². The second-order valence-corrected chi connectivity index (χ2v) is 7.59. The zero-order valence-electron chi connectivity index (χ0n) is 16.7. The molecule has 6 rings (SSSR count). The lowest BCUT2D eigenvalue weighted by Crippen LogP contribution is -2.01. The van der Waals surface area contributed by atoms with Crippen LogP contribution in [0.5, 0.6) is 0 Å². The van der Waals surface area contributed by atoms with Crippen LogP contribution < -0.4 is 0 Å². The molecule has 30 heavy (non-hydrogen) atoms. The van der Waals surface area contributed by atoms with Gasteiger partial charge in [-0.25, -0.2) is 4.98 Å². The molecule has 4 nitrogen and oxygen atoms in total. The molecule has 0 atom stereocenters. The highest BCUT2D eigenvalue weighted by Crippen LogP contribution is 2.32. The molecule has 3 aromatic heterocycles. The van der Waals surface area contributed by atoms with Crippen molar-refractivity contribution < 1.29 is 0 Å². The first-order valence-electron chi connectivity index (χ1n) is 9.95. The van der Waals surface area contributed by atoms with Crippen molar-refractivity contribution >= 4 is 27.8 Å². The van der Waals surface area contributed by atoms with Crippen LogP contribution >= 0.6 is 0 Å². The smallest absolute Gasteiger partial charge is 0.220 e. The molecular weight excluding hydrogens is 368 g/mol. The van der Waals surface area contributed by atoms with Crippen molar-refractivity contribution in [1.29, 1.82) is 0 Å². The number of rotatable bonds is 2. The van der Waals surface area contributed by atoms with Crippen molar-refractivity contribution in [2.45, 2.75) is 13.8 Å². The highest BCUT2D eigenvalue weighted by Gasteiger charge is 2.19. The van der Waals surface area contributed by atoms with E-state index in [9.17, 15) is 0 Å². The van der Waals surface area contributed by atoms with E-state index in [2.05, 4.69) is 77.4 Å². The van der Waals surface area contributed by atoms with Gasteiger partial charge >= 0.3 is 0 Å². The van der Waals surface area contributed by atoms with Gasteiger partial charge in [-0.1, -0.05) is 36.4 Å². The van der Waals surface area contributed by atoms with Crippen molar-refractivity contribution in [3.8, 4) is 16.9 Å². The van der Waals surface area contributed by atoms with Gasteiger partial charge in [-0.2, -0.15) is 0 Å². The van der Waals surface area contributed by atoms with Crippen LogP contribution in [-0.4, -0.2) is 18.9 Å². The molecule has 0 saturated heterocycles. The van der Waals surface area contributed by atoms with Crippen molar-refractivity contribution in [2.24, 2.45) is 0 Å². The molecule has 0 aliphatic heterocycles. The zero-order chi connectivity index (χ0) is 20.2. The summed E-state index contributed by atoms with van der Waals surface area (Å²) < 4.78 is 4.48. The largest absolute Gasteiger partial charge is 0.276 e. The van der Waals surface area contributed by atoms with E-state index in [1.54, 1.807) is 0 Å². The van der Waals surface area contributed by atoms with Gasteiger partial charge in [0.1, 0.15) is 0 Å². The van der Waals surface area contributed by atoms with Crippen molar-refractivity contribution in [2.75, 3.05) is 0 Å². The normalized spacial score (nSPS) is 11.4. The number of aryl methyl sites for hydroxylation is 2. The van der Waals surface area contributed by atoms with Crippen molar-refractivity contribution in [1.82, 2.24) is 18.9 Å². The Morgan fingerprint density at radius 3 is 2.57 bits per heavy atom. The predicted molar refractivity (Wildman–Crippen MR) is 120 cm³/mol. The molecule has 0 amide bonds. The summed E-state index contributed by atoms with van der Waals surface area (Å²) in [5.74, 6) is 0.904. The second kappa shape index (κ2) is 6.20. The van der Waals surface area contributed by atoms with E-state index in [-0.39, 0.29) is 0 Å². The molecule has 142 valence electrons. The molecule has 3 heterocycles. The van der Waals surface area contributed by atoms with Crippen LogP contribution in [0.25, 0.3) is 44.8 Å². The molecule has 0 unspecified atom stereocenters. The van der Waals surface area contributed by atoms with Crippen molar-refractivity contribution in [3.05, 3.63) is 96.2 Å². The van der Waals surface area contributed by atoms with Gasteiger partial charge < -0.3 is 0 Å². The minimum Gasteiger partial charge on any atom is -0.276 e. The molecule has 0 saturated carbocycles. The third-order valence-corrected chi connectivity index (χ3v) is 5.70. The third-order valence-electron chi connectivity index (χ3n) is 5.70. The molecule has 6 aromatic rings. The highest BCUT2D eigenvalue weighted by atomic mass is 15.2. The highest BCUT2D eigenvalue weighted by molar-refractivity contribution is 5.93. The van der Waals surface area contributed by atoms with E-state index in [1.807, 2.05) is 30.5 Å². The lowest BCUT2D eigenvalue weighted by atomic mass is 10.1. The molecule has 3 aromatic carbocycles. The number of benzene rings is 2. The number of hydrogen-bond donors (Lipinski definition) is 0. The Balaban J connectivity index is 1.70. The lowest BCUT2D eigenvalue weighted by molar-refractivity contribution is 1.06. The molecule has 0 fully saturated rings.